The van der Waals surface area contributed by atoms with Gasteiger partial charge in [0.05, 0.1) is 0 Å². The van der Waals surface area contributed by atoms with Crippen LogP contribution in [0.4, 0.5) is 0 Å². The Kier molecular flexibility index (Phi) is 2.92. The summed E-state index contributed by atoms with van der Waals surface area (Å²) in [6.45, 7) is 0. The topological polar surface area (TPSA) is 37.3 Å². The number of aryl methyl sites for hydroxylation is 1. The predicted molar refractivity (Wildman–Crippen MR) is 77.4 cm³/mol. The molecule has 0 amide bonds. The zero-order chi connectivity index (χ0) is 13.2. The summed E-state index contributed by atoms with van der Waals surface area (Å²) in [5, 5.41) is 13.6. The normalized spacial score (nSPS) is 10.9. The van der Waals surface area contributed by atoms with Crippen molar-refractivity contribution in [2.45, 2.75) is 12.8 Å². The monoisotopic (exact) mass is 250 g/mol. The molecule has 94 valence electrons. The molecule has 0 aliphatic heterocycles. The van der Waals surface area contributed by atoms with E-state index >= 15 is 0 Å². The molecule has 2 heteroatoms. The summed E-state index contributed by atoms with van der Waals surface area (Å²) in [5.74, 6) is -0.753. The van der Waals surface area contributed by atoms with Gasteiger partial charge in [-0.2, -0.15) is 0 Å². The van der Waals surface area contributed by atoms with E-state index in [-0.39, 0.29) is 6.42 Å². The van der Waals surface area contributed by atoms with Gasteiger partial charge in [0.15, 0.2) is 0 Å². The Morgan fingerprint density at radius 2 is 1.53 bits per heavy atom. The van der Waals surface area contributed by atoms with E-state index in [4.69, 9.17) is 5.11 Å². The van der Waals surface area contributed by atoms with Crippen molar-refractivity contribution in [1.29, 1.82) is 0 Å². The van der Waals surface area contributed by atoms with Crippen molar-refractivity contribution in [1.82, 2.24) is 0 Å². The van der Waals surface area contributed by atoms with E-state index in [0.717, 1.165) is 10.9 Å². The SMILES string of the molecule is O=C(O)CCc1cc2ccccc2c2ccccc12. The van der Waals surface area contributed by atoms with Gasteiger partial charge < -0.3 is 5.11 Å². The Morgan fingerprint density at radius 3 is 2.26 bits per heavy atom. The summed E-state index contributed by atoms with van der Waals surface area (Å²) in [7, 11) is 0. The molecule has 0 aliphatic rings. The zero-order valence-electron chi connectivity index (χ0n) is 10.5. The second-order valence-corrected chi connectivity index (χ2v) is 4.70. The van der Waals surface area contributed by atoms with Crippen LogP contribution in [0.3, 0.4) is 0 Å². The number of carbonyl (C=O) groups is 1. The lowest BCUT2D eigenvalue weighted by Gasteiger charge is -2.09. The quantitative estimate of drug-likeness (QED) is 0.713. The molecule has 3 rings (SSSR count). The highest BCUT2D eigenvalue weighted by molar-refractivity contribution is 6.08. The molecule has 0 fully saturated rings. The second-order valence-electron chi connectivity index (χ2n) is 4.70. The van der Waals surface area contributed by atoms with Gasteiger partial charge in [-0.3, -0.25) is 4.79 Å². The molecule has 0 spiro atoms. The summed E-state index contributed by atoms with van der Waals surface area (Å²) in [5.41, 5.74) is 1.11. The second kappa shape index (κ2) is 4.73. The number of rotatable bonds is 3. The van der Waals surface area contributed by atoms with Crippen LogP contribution >= 0.6 is 0 Å². The summed E-state index contributed by atoms with van der Waals surface area (Å²) in [4.78, 5) is 10.8. The average molecular weight is 250 g/mol. The van der Waals surface area contributed by atoms with Gasteiger partial charge in [0.1, 0.15) is 0 Å². The number of carboxylic acids is 1. The number of fused-ring (bicyclic) bond motifs is 3. The van der Waals surface area contributed by atoms with Gasteiger partial charge in [-0.15, -0.1) is 0 Å². The minimum atomic E-state index is -0.753. The molecule has 0 radical (unpaired) electrons. The molecule has 0 heterocycles. The maximum absolute atomic E-state index is 10.8. The van der Waals surface area contributed by atoms with Crippen molar-refractivity contribution >= 4 is 27.5 Å². The van der Waals surface area contributed by atoms with Crippen LogP contribution in [0.5, 0.6) is 0 Å². The Labute approximate surface area is 111 Å². The minimum absolute atomic E-state index is 0.169. The smallest absolute Gasteiger partial charge is 0.303 e. The molecule has 0 saturated heterocycles. The first-order valence-corrected chi connectivity index (χ1v) is 6.37. The Balaban J connectivity index is 2.26. The lowest BCUT2D eigenvalue weighted by atomic mass is 9.95. The lowest BCUT2D eigenvalue weighted by molar-refractivity contribution is -0.136. The van der Waals surface area contributed by atoms with Crippen molar-refractivity contribution in [2.75, 3.05) is 0 Å². The first-order chi connectivity index (χ1) is 9.25. The molecule has 0 unspecified atom stereocenters. The van der Waals surface area contributed by atoms with Gasteiger partial charge in [-0.25, -0.2) is 0 Å². The Morgan fingerprint density at radius 1 is 0.895 bits per heavy atom. The van der Waals surface area contributed by atoms with Crippen molar-refractivity contribution in [2.24, 2.45) is 0 Å². The van der Waals surface area contributed by atoms with Gasteiger partial charge in [-0.05, 0) is 33.5 Å². The molecular formula is C17H14O2. The Bertz CT molecular complexity index is 759. The summed E-state index contributed by atoms with van der Waals surface area (Å²) < 4.78 is 0. The van der Waals surface area contributed by atoms with Crippen LogP contribution in [0.2, 0.25) is 0 Å². The van der Waals surface area contributed by atoms with Crippen LogP contribution in [0.1, 0.15) is 12.0 Å². The van der Waals surface area contributed by atoms with Crippen molar-refractivity contribution in [3.8, 4) is 0 Å². The van der Waals surface area contributed by atoms with Crippen molar-refractivity contribution in [3.63, 3.8) is 0 Å². The predicted octanol–water partition coefficient (Wildman–Crippen LogP) is 4.01. The molecule has 19 heavy (non-hydrogen) atoms. The van der Waals surface area contributed by atoms with Crippen LogP contribution in [0.25, 0.3) is 21.5 Å². The van der Waals surface area contributed by atoms with Gasteiger partial charge in [0.2, 0.25) is 0 Å². The molecule has 0 atom stereocenters. The molecule has 2 nitrogen and oxygen atoms in total. The highest BCUT2D eigenvalue weighted by atomic mass is 16.4. The number of benzene rings is 3. The molecule has 0 saturated carbocycles. The number of hydrogen-bond donors (Lipinski definition) is 1. The van der Waals surface area contributed by atoms with E-state index < -0.39 is 5.97 Å². The third kappa shape index (κ3) is 2.17. The number of hydrogen-bond acceptors (Lipinski definition) is 1. The fraction of sp³-hybridized carbons (Fsp3) is 0.118. The fourth-order valence-electron chi connectivity index (χ4n) is 2.58. The third-order valence-corrected chi connectivity index (χ3v) is 3.46. The van der Waals surface area contributed by atoms with Crippen LogP contribution in [-0.2, 0) is 11.2 Å². The maximum Gasteiger partial charge on any atom is 0.303 e. The maximum atomic E-state index is 10.8. The van der Waals surface area contributed by atoms with E-state index in [1.54, 1.807) is 0 Å². The molecule has 3 aromatic rings. The largest absolute Gasteiger partial charge is 0.481 e. The van der Waals surface area contributed by atoms with E-state index in [2.05, 4.69) is 30.3 Å². The number of aliphatic carboxylic acids is 1. The lowest BCUT2D eigenvalue weighted by Crippen LogP contribution is -1.98. The van der Waals surface area contributed by atoms with Gasteiger partial charge >= 0.3 is 5.97 Å². The van der Waals surface area contributed by atoms with E-state index in [1.165, 1.54) is 16.2 Å². The number of carboxylic acid groups (broad SMARTS) is 1. The first-order valence-electron chi connectivity index (χ1n) is 6.37. The molecule has 0 aliphatic carbocycles. The third-order valence-electron chi connectivity index (χ3n) is 3.46. The van der Waals surface area contributed by atoms with E-state index in [0.29, 0.717) is 6.42 Å². The van der Waals surface area contributed by atoms with Gasteiger partial charge in [-0.1, -0.05) is 54.6 Å². The molecular weight excluding hydrogens is 236 g/mol. The first kappa shape index (κ1) is 11.7. The van der Waals surface area contributed by atoms with Crippen LogP contribution < -0.4 is 0 Å². The highest BCUT2D eigenvalue weighted by Crippen LogP contribution is 2.29. The molecule has 0 aromatic heterocycles. The zero-order valence-corrected chi connectivity index (χ0v) is 10.5. The standard InChI is InChI=1S/C17H14O2/c18-17(19)10-9-13-11-12-5-1-2-6-14(12)16-8-4-3-7-15(13)16/h1-8,11H,9-10H2,(H,18,19). The summed E-state index contributed by atoms with van der Waals surface area (Å²) in [6, 6.07) is 18.5. The van der Waals surface area contributed by atoms with E-state index in [9.17, 15) is 4.79 Å². The highest BCUT2D eigenvalue weighted by Gasteiger charge is 2.07. The summed E-state index contributed by atoms with van der Waals surface area (Å²) in [6.07, 6.45) is 0.739. The molecule has 1 N–H and O–H groups in total. The fourth-order valence-corrected chi connectivity index (χ4v) is 2.58. The molecule has 3 aromatic carbocycles. The Hall–Kier alpha value is -2.35. The van der Waals surface area contributed by atoms with Crippen LogP contribution in [-0.4, -0.2) is 11.1 Å². The summed E-state index contributed by atoms with van der Waals surface area (Å²) >= 11 is 0. The van der Waals surface area contributed by atoms with Crippen LogP contribution in [0.15, 0.2) is 54.6 Å². The van der Waals surface area contributed by atoms with Crippen molar-refractivity contribution in [3.05, 3.63) is 60.2 Å². The minimum Gasteiger partial charge on any atom is -0.481 e. The average Bonchev–Trinajstić information content (AvgIpc) is 2.44. The van der Waals surface area contributed by atoms with Crippen molar-refractivity contribution < 1.29 is 9.90 Å². The van der Waals surface area contributed by atoms with Gasteiger partial charge in [0.25, 0.3) is 0 Å². The van der Waals surface area contributed by atoms with Gasteiger partial charge in [0, 0.05) is 6.42 Å². The van der Waals surface area contributed by atoms with E-state index in [1.807, 2.05) is 24.3 Å². The van der Waals surface area contributed by atoms with Crippen LogP contribution in [0, 0.1) is 0 Å². The molecule has 0 bridgehead atoms.